The number of Topliss-reactive ketones (excluding diaryl/α,β-unsaturated/α-hetero) is 1. The summed E-state index contributed by atoms with van der Waals surface area (Å²) < 4.78 is 0. The lowest BCUT2D eigenvalue weighted by Crippen LogP contribution is -2.43. The number of halogens is 1. The van der Waals surface area contributed by atoms with Crippen LogP contribution in [0.2, 0.25) is 0 Å². The standard InChI is InChI=1S/C16H17ClN2O2S/c1-10(20)19(13-8-4-3-7-12(13)17)18-16-15(21)11-6-2-5-9-14(11)22-16/h2,5-6,9,12-13H,3-4,7-8H2,1H3/b18-16+. The second-order valence-electron chi connectivity index (χ2n) is 5.56. The lowest BCUT2D eigenvalue weighted by atomic mass is 9.94. The number of fused-ring (bicyclic) bond motifs is 1. The van der Waals surface area contributed by atoms with Gasteiger partial charge >= 0.3 is 0 Å². The van der Waals surface area contributed by atoms with E-state index < -0.39 is 0 Å². The molecule has 0 spiro atoms. The Labute approximate surface area is 138 Å². The summed E-state index contributed by atoms with van der Waals surface area (Å²) in [6, 6.07) is 7.27. The first-order valence-corrected chi connectivity index (χ1v) is 8.67. The topological polar surface area (TPSA) is 49.7 Å². The van der Waals surface area contributed by atoms with E-state index in [2.05, 4.69) is 5.10 Å². The van der Waals surface area contributed by atoms with Gasteiger partial charge in [-0.25, -0.2) is 5.01 Å². The van der Waals surface area contributed by atoms with Crippen molar-refractivity contribution in [1.82, 2.24) is 5.01 Å². The lowest BCUT2D eigenvalue weighted by molar-refractivity contribution is -0.131. The van der Waals surface area contributed by atoms with Crippen LogP contribution >= 0.6 is 23.4 Å². The van der Waals surface area contributed by atoms with Gasteiger partial charge in [0.15, 0.2) is 5.04 Å². The molecular weight excluding hydrogens is 320 g/mol. The third-order valence-corrected chi connectivity index (χ3v) is 5.56. The summed E-state index contributed by atoms with van der Waals surface area (Å²) >= 11 is 7.70. The summed E-state index contributed by atoms with van der Waals surface area (Å²) in [5, 5.41) is 6.04. The van der Waals surface area contributed by atoms with Gasteiger partial charge in [-0.3, -0.25) is 9.59 Å². The fraction of sp³-hybridized carbons (Fsp3) is 0.438. The van der Waals surface area contributed by atoms with Gasteiger partial charge in [-0.2, -0.15) is 5.10 Å². The number of hydrogen-bond donors (Lipinski definition) is 0. The van der Waals surface area contributed by atoms with Gasteiger partial charge in [0.05, 0.1) is 11.4 Å². The molecule has 3 rings (SSSR count). The molecule has 1 aromatic rings. The van der Waals surface area contributed by atoms with E-state index >= 15 is 0 Å². The fourth-order valence-corrected chi connectivity index (χ4v) is 4.24. The number of thioether (sulfide) groups is 1. The van der Waals surface area contributed by atoms with E-state index in [4.69, 9.17) is 11.6 Å². The van der Waals surface area contributed by atoms with Crippen LogP contribution in [0.5, 0.6) is 0 Å². The average molecular weight is 337 g/mol. The molecular formula is C16H17ClN2O2S. The smallest absolute Gasteiger partial charge is 0.239 e. The van der Waals surface area contributed by atoms with Crippen LogP contribution in [0.25, 0.3) is 0 Å². The first kappa shape index (κ1) is 15.6. The summed E-state index contributed by atoms with van der Waals surface area (Å²) in [6.07, 6.45) is 3.81. The Bertz CT molecular complexity index is 647. The highest BCUT2D eigenvalue weighted by Crippen LogP contribution is 2.34. The predicted molar refractivity (Wildman–Crippen MR) is 88.5 cm³/mol. The van der Waals surface area contributed by atoms with Gasteiger partial charge in [-0.05, 0) is 25.0 Å². The minimum Gasteiger partial charge on any atom is -0.286 e. The highest BCUT2D eigenvalue weighted by Gasteiger charge is 2.34. The third kappa shape index (κ3) is 2.92. The van der Waals surface area contributed by atoms with E-state index in [1.165, 1.54) is 23.7 Å². The van der Waals surface area contributed by atoms with Crippen LogP contribution in [-0.4, -0.2) is 33.2 Å². The first-order chi connectivity index (χ1) is 10.6. The Hall–Kier alpha value is -1.33. The SMILES string of the molecule is CC(=O)N(/N=C1/Sc2ccccc2C1=O)C1CCCCC1Cl. The lowest BCUT2D eigenvalue weighted by Gasteiger charge is -2.33. The number of carbonyl (C=O) groups excluding carboxylic acids is 2. The van der Waals surface area contributed by atoms with E-state index in [0.717, 1.165) is 30.6 Å². The van der Waals surface area contributed by atoms with Crippen molar-refractivity contribution < 1.29 is 9.59 Å². The van der Waals surface area contributed by atoms with Crippen molar-refractivity contribution in [2.75, 3.05) is 0 Å². The van der Waals surface area contributed by atoms with Gasteiger partial charge in [-0.1, -0.05) is 36.7 Å². The maximum Gasteiger partial charge on any atom is 0.239 e. The summed E-state index contributed by atoms with van der Waals surface area (Å²) in [4.78, 5) is 25.3. The number of amides is 1. The third-order valence-electron chi connectivity index (χ3n) is 4.02. The van der Waals surface area contributed by atoms with E-state index in [0.29, 0.717) is 10.6 Å². The molecule has 0 radical (unpaired) electrons. The van der Waals surface area contributed by atoms with Crippen LogP contribution in [0, 0.1) is 0 Å². The maximum absolute atomic E-state index is 12.4. The van der Waals surface area contributed by atoms with E-state index in [1.54, 1.807) is 6.07 Å². The van der Waals surface area contributed by atoms with Crippen LogP contribution in [0.4, 0.5) is 0 Å². The molecule has 1 aliphatic carbocycles. The van der Waals surface area contributed by atoms with Gasteiger partial charge in [-0.15, -0.1) is 11.6 Å². The maximum atomic E-state index is 12.4. The van der Waals surface area contributed by atoms with E-state index in [-0.39, 0.29) is 23.1 Å². The predicted octanol–water partition coefficient (Wildman–Crippen LogP) is 3.69. The molecule has 116 valence electrons. The molecule has 1 aromatic carbocycles. The zero-order chi connectivity index (χ0) is 15.7. The van der Waals surface area contributed by atoms with Crippen molar-refractivity contribution in [2.45, 2.75) is 48.9 Å². The van der Waals surface area contributed by atoms with Crippen LogP contribution in [0.3, 0.4) is 0 Å². The number of ketones is 1. The van der Waals surface area contributed by atoms with Gasteiger partial charge < -0.3 is 0 Å². The number of rotatable bonds is 2. The van der Waals surface area contributed by atoms with Crippen LogP contribution < -0.4 is 0 Å². The Kier molecular flexibility index (Phi) is 4.54. The van der Waals surface area contributed by atoms with Crippen molar-refractivity contribution in [2.24, 2.45) is 5.10 Å². The van der Waals surface area contributed by atoms with Crippen LogP contribution in [-0.2, 0) is 4.79 Å². The fourth-order valence-electron chi connectivity index (χ4n) is 2.89. The van der Waals surface area contributed by atoms with Gasteiger partial charge in [0.2, 0.25) is 11.7 Å². The van der Waals surface area contributed by atoms with Gasteiger partial charge in [0.1, 0.15) is 0 Å². The van der Waals surface area contributed by atoms with Crippen molar-refractivity contribution in [3.05, 3.63) is 29.8 Å². The monoisotopic (exact) mass is 336 g/mol. The molecule has 0 saturated heterocycles. The van der Waals surface area contributed by atoms with E-state index in [1.807, 2.05) is 18.2 Å². The van der Waals surface area contributed by atoms with Crippen LogP contribution in [0.1, 0.15) is 43.0 Å². The Morgan fingerprint density at radius 2 is 2.05 bits per heavy atom. The number of hydrogen-bond acceptors (Lipinski definition) is 4. The molecule has 2 aliphatic rings. The molecule has 1 amide bonds. The molecule has 1 heterocycles. The van der Waals surface area contributed by atoms with Crippen molar-refractivity contribution in [1.29, 1.82) is 0 Å². The molecule has 22 heavy (non-hydrogen) atoms. The minimum atomic E-state index is -0.172. The molecule has 2 atom stereocenters. The number of nitrogens with zero attached hydrogens (tertiary/aromatic N) is 2. The summed E-state index contributed by atoms with van der Waals surface area (Å²) in [7, 11) is 0. The molecule has 0 N–H and O–H groups in total. The largest absolute Gasteiger partial charge is 0.286 e. The molecule has 4 nitrogen and oxygen atoms in total. The summed E-state index contributed by atoms with van der Waals surface area (Å²) in [6.45, 7) is 1.47. The molecule has 0 bridgehead atoms. The quantitative estimate of drug-likeness (QED) is 0.611. The second-order valence-corrected chi connectivity index (χ2v) is 7.16. The number of benzene rings is 1. The Morgan fingerprint density at radius 3 is 2.73 bits per heavy atom. The highest BCUT2D eigenvalue weighted by molar-refractivity contribution is 8.16. The molecule has 1 saturated carbocycles. The van der Waals surface area contributed by atoms with Gasteiger partial charge in [0.25, 0.3) is 0 Å². The number of alkyl halides is 1. The zero-order valence-corrected chi connectivity index (χ0v) is 13.9. The second kappa shape index (κ2) is 6.42. The van der Waals surface area contributed by atoms with E-state index in [9.17, 15) is 9.59 Å². The summed E-state index contributed by atoms with van der Waals surface area (Å²) in [5.41, 5.74) is 0.654. The molecule has 1 aliphatic heterocycles. The Balaban J connectivity index is 1.88. The van der Waals surface area contributed by atoms with Crippen LogP contribution in [0.15, 0.2) is 34.3 Å². The number of hydrazone groups is 1. The van der Waals surface area contributed by atoms with Gasteiger partial charge in [0, 0.05) is 17.4 Å². The van der Waals surface area contributed by atoms with Crippen molar-refractivity contribution in [3.8, 4) is 0 Å². The number of carbonyl (C=O) groups is 2. The molecule has 1 fully saturated rings. The Morgan fingerprint density at radius 1 is 1.32 bits per heavy atom. The zero-order valence-electron chi connectivity index (χ0n) is 12.3. The highest BCUT2D eigenvalue weighted by atomic mass is 35.5. The summed E-state index contributed by atoms with van der Waals surface area (Å²) in [5.74, 6) is -0.289. The molecule has 6 heteroatoms. The van der Waals surface area contributed by atoms with Crippen molar-refractivity contribution >= 4 is 40.1 Å². The van der Waals surface area contributed by atoms with Crippen molar-refractivity contribution in [3.63, 3.8) is 0 Å². The molecule has 2 unspecified atom stereocenters. The first-order valence-electron chi connectivity index (χ1n) is 7.42. The minimum absolute atomic E-state index is 0.106. The molecule has 0 aromatic heterocycles. The average Bonchev–Trinajstić information content (AvgIpc) is 2.82. The normalized spacial score (nSPS) is 26.1.